The first kappa shape index (κ1) is 12.9. The van der Waals surface area contributed by atoms with Crippen LogP contribution in [0.3, 0.4) is 0 Å². The Morgan fingerprint density at radius 3 is 2.89 bits per heavy atom. The number of likely N-dealkylation sites (tertiary alicyclic amines) is 1. The summed E-state index contributed by atoms with van der Waals surface area (Å²) >= 11 is 1.50. The standard InChI is InChI=1S/C14H20N2O2S/c17-13(6-5-11-3-1-2-4-11)16-9-12(10-16)18-14-15-7-8-19-14/h7-8,11-12H,1-6,9-10H2. The molecule has 0 unspecified atom stereocenters. The van der Waals surface area contributed by atoms with E-state index in [4.69, 9.17) is 4.74 Å². The molecule has 0 bridgehead atoms. The Morgan fingerprint density at radius 1 is 1.42 bits per heavy atom. The zero-order valence-electron chi connectivity index (χ0n) is 11.1. The van der Waals surface area contributed by atoms with Crippen molar-refractivity contribution in [1.82, 2.24) is 9.88 Å². The summed E-state index contributed by atoms with van der Waals surface area (Å²) in [6.07, 6.45) is 9.03. The minimum atomic E-state index is 0.140. The van der Waals surface area contributed by atoms with Crippen LogP contribution in [0, 0.1) is 5.92 Å². The van der Waals surface area contributed by atoms with Gasteiger partial charge < -0.3 is 9.64 Å². The third kappa shape index (κ3) is 3.26. The van der Waals surface area contributed by atoms with Gasteiger partial charge in [-0.15, -0.1) is 0 Å². The lowest BCUT2D eigenvalue weighted by Crippen LogP contribution is -2.56. The van der Waals surface area contributed by atoms with Crippen molar-refractivity contribution < 1.29 is 9.53 Å². The number of carbonyl (C=O) groups is 1. The molecular formula is C14H20N2O2S. The molecular weight excluding hydrogens is 260 g/mol. The number of hydrogen-bond donors (Lipinski definition) is 0. The van der Waals surface area contributed by atoms with Gasteiger partial charge >= 0.3 is 0 Å². The fourth-order valence-electron chi connectivity index (χ4n) is 2.91. The summed E-state index contributed by atoms with van der Waals surface area (Å²) in [7, 11) is 0. The van der Waals surface area contributed by atoms with Crippen molar-refractivity contribution in [1.29, 1.82) is 0 Å². The van der Waals surface area contributed by atoms with Crippen LogP contribution in [0.15, 0.2) is 11.6 Å². The van der Waals surface area contributed by atoms with Crippen LogP contribution in [0.5, 0.6) is 5.19 Å². The van der Waals surface area contributed by atoms with E-state index in [0.717, 1.165) is 25.4 Å². The van der Waals surface area contributed by atoms with E-state index in [1.165, 1.54) is 37.0 Å². The monoisotopic (exact) mass is 280 g/mol. The molecule has 4 nitrogen and oxygen atoms in total. The fraction of sp³-hybridized carbons (Fsp3) is 0.714. The van der Waals surface area contributed by atoms with Gasteiger partial charge in [0.1, 0.15) is 6.10 Å². The molecule has 2 fully saturated rings. The highest BCUT2D eigenvalue weighted by atomic mass is 32.1. The van der Waals surface area contributed by atoms with E-state index in [1.807, 2.05) is 10.3 Å². The van der Waals surface area contributed by atoms with E-state index in [1.54, 1.807) is 6.20 Å². The van der Waals surface area contributed by atoms with Gasteiger partial charge in [-0.25, -0.2) is 4.98 Å². The molecule has 1 amide bonds. The Labute approximate surface area is 117 Å². The normalized spacial score (nSPS) is 20.5. The van der Waals surface area contributed by atoms with Crippen molar-refractivity contribution in [2.45, 2.75) is 44.6 Å². The molecule has 1 saturated heterocycles. The molecule has 0 radical (unpaired) electrons. The Balaban J connectivity index is 1.34. The highest BCUT2D eigenvalue weighted by molar-refractivity contribution is 7.11. The SMILES string of the molecule is O=C(CCC1CCCC1)N1CC(Oc2nccs2)C1. The second kappa shape index (κ2) is 5.90. The molecule has 1 aliphatic carbocycles. The lowest BCUT2D eigenvalue weighted by atomic mass is 10.0. The molecule has 1 aromatic rings. The van der Waals surface area contributed by atoms with Gasteiger partial charge in [0.15, 0.2) is 0 Å². The van der Waals surface area contributed by atoms with E-state index >= 15 is 0 Å². The molecule has 2 aliphatic rings. The van der Waals surface area contributed by atoms with Crippen LogP contribution in [0.4, 0.5) is 0 Å². The third-order valence-corrected chi connectivity index (χ3v) is 4.78. The molecule has 5 heteroatoms. The summed E-state index contributed by atoms with van der Waals surface area (Å²) in [5.41, 5.74) is 0. The highest BCUT2D eigenvalue weighted by Crippen LogP contribution is 2.29. The van der Waals surface area contributed by atoms with Gasteiger partial charge in [0.2, 0.25) is 5.91 Å². The van der Waals surface area contributed by atoms with Crippen LogP contribution >= 0.6 is 11.3 Å². The average Bonchev–Trinajstić information content (AvgIpc) is 3.03. The maximum atomic E-state index is 12.0. The first-order chi connectivity index (χ1) is 9.31. The van der Waals surface area contributed by atoms with Crippen molar-refractivity contribution in [3.63, 3.8) is 0 Å². The van der Waals surface area contributed by atoms with Crippen LogP contribution in [0.1, 0.15) is 38.5 Å². The van der Waals surface area contributed by atoms with Crippen LogP contribution in [0.25, 0.3) is 0 Å². The maximum absolute atomic E-state index is 12.0. The van der Waals surface area contributed by atoms with Crippen molar-refractivity contribution in [3.05, 3.63) is 11.6 Å². The molecule has 3 rings (SSSR count). The minimum Gasteiger partial charge on any atom is -0.463 e. The van der Waals surface area contributed by atoms with Gasteiger partial charge in [-0.05, 0) is 12.3 Å². The Kier molecular flexibility index (Phi) is 4.01. The summed E-state index contributed by atoms with van der Waals surface area (Å²) in [6, 6.07) is 0. The third-order valence-electron chi connectivity index (χ3n) is 4.12. The van der Waals surface area contributed by atoms with Crippen molar-refractivity contribution in [2.75, 3.05) is 13.1 Å². The molecule has 104 valence electrons. The molecule has 1 saturated carbocycles. The maximum Gasteiger partial charge on any atom is 0.273 e. The summed E-state index contributed by atoms with van der Waals surface area (Å²) < 4.78 is 5.66. The first-order valence-electron chi connectivity index (χ1n) is 7.15. The predicted molar refractivity (Wildman–Crippen MR) is 74.3 cm³/mol. The zero-order valence-corrected chi connectivity index (χ0v) is 11.9. The second-order valence-electron chi connectivity index (χ2n) is 5.53. The zero-order chi connectivity index (χ0) is 13.1. The van der Waals surface area contributed by atoms with Crippen molar-refractivity contribution in [3.8, 4) is 5.19 Å². The second-order valence-corrected chi connectivity index (χ2v) is 6.38. The molecule has 1 aliphatic heterocycles. The van der Waals surface area contributed by atoms with Crippen LogP contribution in [-0.4, -0.2) is 35.0 Å². The van der Waals surface area contributed by atoms with E-state index in [2.05, 4.69) is 4.98 Å². The van der Waals surface area contributed by atoms with E-state index in [-0.39, 0.29) is 6.10 Å². The summed E-state index contributed by atoms with van der Waals surface area (Å²) in [4.78, 5) is 18.0. The Morgan fingerprint density at radius 2 is 2.21 bits per heavy atom. The van der Waals surface area contributed by atoms with E-state index in [9.17, 15) is 4.79 Å². The number of ether oxygens (including phenoxy) is 1. The molecule has 0 aromatic carbocycles. The molecule has 19 heavy (non-hydrogen) atoms. The van der Waals surface area contributed by atoms with Gasteiger partial charge in [-0.1, -0.05) is 37.0 Å². The molecule has 2 heterocycles. The van der Waals surface area contributed by atoms with Crippen molar-refractivity contribution in [2.24, 2.45) is 5.92 Å². The number of rotatable bonds is 5. The van der Waals surface area contributed by atoms with Gasteiger partial charge in [0.25, 0.3) is 5.19 Å². The smallest absolute Gasteiger partial charge is 0.273 e. The quantitative estimate of drug-likeness (QED) is 0.833. The summed E-state index contributed by atoms with van der Waals surface area (Å²) in [6.45, 7) is 1.45. The largest absolute Gasteiger partial charge is 0.463 e. The highest BCUT2D eigenvalue weighted by Gasteiger charge is 2.32. The number of nitrogens with zero attached hydrogens (tertiary/aromatic N) is 2. The van der Waals surface area contributed by atoms with Crippen molar-refractivity contribution >= 4 is 17.2 Å². The summed E-state index contributed by atoms with van der Waals surface area (Å²) in [5, 5.41) is 2.61. The lowest BCUT2D eigenvalue weighted by Gasteiger charge is -2.38. The topological polar surface area (TPSA) is 42.4 Å². The molecule has 1 aromatic heterocycles. The Hall–Kier alpha value is -1.10. The molecule has 0 N–H and O–H groups in total. The van der Waals surface area contributed by atoms with Gasteiger partial charge in [0, 0.05) is 18.0 Å². The average molecular weight is 280 g/mol. The van der Waals surface area contributed by atoms with E-state index in [0.29, 0.717) is 17.5 Å². The minimum absolute atomic E-state index is 0.140. The number of hydrogen-bond acceptors (Lipinski definition) is 4. The number of thiazole rings is 1. The van der Waals surface area contributed by atoms with Gasteiger partial charge in [0.05, 0.1) is 13.1 Å². The lowest BCUT2D eigenvalue weighted by molar-refractivity contribution is -0.140. The van der Waals surface area contributed by atoms with Gasteiger partial charge in [-0.2, -0.15) is 0 Å². The summed E-state index contributed by atoms with van der Waals surface area (Å²) in [5.74, 6) is 1.10. The molecule has 0 atom stereocenters. The number of aromatic nitrogens is 1. The van der Waals surface area contributed by atoms with Gasteiger partial charge in [-0.3, -0.25) is 4.79 Å². The van der Waals surface area contributed by atoms with Crippen LogP contribution in [-0.2, 0) is 4.79 Å². The predicted octanol–water partition coefficient (Wildman–Crippen LogP) is 2.70. The van der Waals surface area contributed by atoms with Crippen LogP contribution < -0.4 is 4.74 Å². The number of carbonyl (C=O) groups excluding carboxylic acids is 1. The van der Waals surface area contributed by atoms with Crippen LogP contribution in [0.2, 0.25) is 0 Å². The molecule has 0 spiro atoms. The number of amides is 1. The van der Waals surface area contributed by atoms with E-state index < -0.39 is 0 Å². The Bertz CT molecular complexity index is 409. The first-order valence-corrected chi connectivity index (χ1v) is 8.03. The fourth-order valence-corrected chi connectivity index (χ4v) is 3.46.